The Bertz CT molecular complexity index is 386. The Labute approximate surface area is 102 Å². The second-order valence-electron chi connectivity index (χ2n) is 4.28. The first-order chi connectivity index (χ1) is 7.43. The molecule has 0 aliphatic carbocycles. The number of hydrogen-bond acceptors (Lipinski definition) is 2. The number of hydrogen-bond donors (Lipinski definition) is 0. The van der Waals surface area contributed by atoms with Crippen molar-refractivity contribution >= 4 is 16.8 Å². The molecule has 0 saturated carbocycles. The van der Waals surface area contributed by atoms with Gasteiger partial charge in [-0.1, -0.05) is 26.0 Å². The molecular weight excluding hydrogens is 224 g/mol. The van der Waals surface area contributed by atoms with E-state index in [-0.39, 0.29) is 5.92 Å². The summed E-state index contributed by atoms with van der Waals surface area (Å²) in [6.45, 7) is 7.81. The van der Waals surface area contributed by atoms with E-state index in [1.54, 1.807) is 0 Å². The summed E-state index contributed by atoms with van der Waals surface area (Å²) in [6.07, 6.45) is -0.581. The number of benzene rings is 1. The number of carbonyl (C=O) groups excluding carboxylic acids is 1. The third kappa shape index (κ3) is 2.99. The van der Waals surface area contributed by atoms with Gasteiger partial charge in [0.15, 0.2) is 6.10 Å². The van der Waals surface area contributed by atoms with Crippen LogP contribution in [0.5, 0.6) is 5.75 Å². The Hall–Kier alpha value is -1.02. The van der Waals surface area contributed by atoms with E-state index in [1.165, 1.54) is 0 Å². The lowest BCUT2D eigenvalue weighted by Gasteiger charge is -2.20. The van der Waals surface area contributed by atoms with Gasteiger partial charge >= 0.3 is 0 Å². The smallest absolute Gasteiger partial charge is 0.262 e. The maximum atomic E-state index is 11.2. The molecule has 1 aromatic rings. The third-order valence-corrected chi connectivity index (χ3v) is 2.85. The molecule has 0 bridgehead atoms. The van der Waals surface area contributed by atoms with Crippen molar-refractivity contribution in [2.75, 3.05) is 0 Å². The van der Waals surface area contributed by atoms with Crippen molar-refractivity contribution in [2.45, 2.75) is 33.8 Å². The highest BCUT2D eigenvalue weighted by Crippen LogP contribution is 2.24. The minimum atomic E-state index is -0.581. The van der Waals surface area contributed by atoms with Gasteiger partial charge in [0, 0.05) is 0 Å². The number of ether oxygens (including phenoxy) is 1. The molecule has 0 fully saturated rings. The Kier molecular flexibility index (Phi) is 4.36. The van der Waals surface area contributed by atoms with Gasteiger partial charge in [0.2, 0.25) is 0 Å². The van der Waals surface area contributed by atoms with E-state index in [0.717, 1.165) is 16.9 Å². The van der Waals surface area contributed by atoms with E-state index in [0.29, 0.717) is 0 Å². The standard InChI is InChI=1S/C13H17ClO2/c1-8(2)12(13(14)15)16-11-7-5-6-9(3)10(11)4/h5-8,12H,1-4H3. The van der Waals surface area contributed by atoms with Gasteiger partial charge in [-0.05, 0) is 48.6 Å². The number of carbonyl (C=O) groups is 1. The average Bonchev–Trinajstić information content (AvgIpc) is 2.19. The molecule has 1 unspecified atom stereocenters. The Balaban J connectivity index is 2.94. The first kappa shape index (κ1) is 13.0. The topological polar surface area (TPSA) is 26.3 Å². The van der Waals surface area contributed by atoms with Gasteiger partial charge in [0.1, 0.15) is 5.75 Å². The molecule has 3 heteroatoms. The van der Waals surface area contributed by atoms with Crippen LogP contribution in [-0.2, 0) is 4.79 Å². The van der Waals surface area contributed by atoms with Crippen LogP contribution < -0.4 is 4.74 Å². The molecular formula is C13H17ClO2. The summed E-state index contributed by atoms with van der Waals surface area (Å²) in [5, 5.41) is -0.448. The van der Waals surface area contributed by atoms with Gasteiger partial charge in [0.05, 0.1) is 0 Å². The summed E-state index contributed by atoms with van der Waals surface area (Å²) < 4.78 is 5.67. The zero-order valence-electron chi connectivity index (χ0n) is 10.1. The molecule has 16 heavy (non-hydrogen) atoms. The van der Waals surface area contributed by atoms with Crippen molar-refractivity contribution in [1.82, 2.24) is 0 Å². The van der Waals surface area contributed by atoms with Crippen LogP contribution in [0.2, 0.25) is 0 Å². The van der Waals surface area contributed by atoms with Crippen molar-refractivity contribution in [3.05, 3.63) is 29.3 Å². The summed E-state index contributed by atoms with van der Waals surface area (Å²) in [5.74, 6) is 0.789. The fraction of sp³-hybridized carbons (Fsp3) is 0.462. The lowest BCUT2D eigenvalue weighted by atomic mass is 10.1. The minimum Gasteiger partial charge on any atom is -0.481 e. The molecule has 0 saturated heterocycles. The van der Waals surface area contributed by atoms with E-state index in [1.807, 2.05) is 45.9 Å². The highest BCUT2D eigenvalue weighted by atomic mass is 35.5. The summed E-state index contributed by atoms with van der Waals surface area (Å²) in [6, 6.07) is 5.78. The molecule has 0 N–H and O–H groups in total. The molecule has 1 atom stereocenters. The second kappa shape index (κ2) is 5.35. The number of aryl methyl sites for hydroxylation is 1. The fourth-order valence-corrected chi connectivity index (χ4v) is 1.73. The molecule has 0 aliphatic heterocycles. The molecule has 2 nitrogen and oxygen atoms in total. The van der Waals surface area contributed by atoms with Crippen LogP contribution in [-0.4, -0.2) is 11.3 Å². The maximum Gasteiger partial charge on any atom is 0.262 e. The van der Waals surface area contributed by atoms with Crippen LogP contribution >= 0.6 is 11.6 Å². The highest BCUT2D eigenvalue weighted by Gasteiger charge is 2.22. The SMILES string of the molecule is Cc1cccc(OC(C(=O)Cl)C(C)C)c1C. The van der Waals surface area contributed by atoms with Crippen molar-refractivity contribution < 1.29 is 9.53 Å². The normalized spacial score (nSPS) is 12.6. The number of halogens is 1. The summed E-state index contributed by atoms with van der Waals surface area (Å²) in [4.78, 5) is 11.2. The van der Waals surface area contributed by atoms with Crippen LogP contribution in [0, 0.1) is 19.8 Å². The summed E-state index contributed by atoms with van der Waals surface area (Å²) in [7, 11) is 0. The second-order valence-corrected chi connectivity index (χ2v) is 4.66. The van der Waals surface area contributed by atoms with Gasteiger partial charge in [-0.25, -0.2) is 0 Å². The van der Waals surface area contributed by atoms with Gasteiger partial charge in [0.25, 0.3) is 5.24 Å². The van der Waals surface area contributed by atoms with E-state index in [4.69, 9.17) is 16.3 Å². The van der Waals surface area contributed by atoms with Crippen LogP contribution in [0.3, 0.4) is 0 Å². The van der Waals surface area contributed by atoms with E-state index >= 15 is 0 Å². The molecule has 0 aromatic heterocycles. The van der Waals surface area contributed by atoms with Crippen molar-refractivity contribution in [3.8, 4) is 5.75 Å². The van der Waals surface area contributed by atoms with E-state index in [2.05, 4.69) is 0 Å². The maximum absolute atomic E-state index is 11.2. The molecule has 1 rings (SSSR count). The summed E-state index contributed by atoms with van der Waals surface area (Å²) >= 11 is 5.52. The molecule has 1 aromatic carbocycles. The van der Waals surface area contributed by atoms with Crippen molar-refractivity contribution in [2.24, 2.45) is 5.92 Å². The van der Waals surface area contributed by atoms with Gasteiger partial charge in [-0.15, -0.1) is 0 Å². The minimum absolute atomic E-state index is 0.0601. The van der Waals surface area contributed by atoms with Crippen molar-refractivity contribution in [3.63, 3.8) is 0 Å². The van der Waals surface area contributed by atoms with E-state index in [9.17, 15) is 4.79 Å². The fourth-order valence-electron chi connectivity index (χ4n) is 1.43. The largest absolute Gasteiger partial charge is 0.481 e. The van der Waals surface area contributed by atoms with Gasteiger partial charge in [-0.2, -0.15) is 0 Å². The lowest BCUT2D eigenvalue weighted by molar-refractivity contribution is -0.119. The zero-order chi connectivity index (χ0) is 12.3. The molecule has 0 amide bonds. The van der Waals surface area contributed by atoms with E-state index < -0.39 is 11.3 Å². The van der Waals surface area contributed by atoms with Crippen LogP contribution in [0.4, 0.5) is 0 Å². The Morgan fingerprint density at radius 3 is 2.44 bits per heavy atom. The molecule has 0 radical (unpaired) electrons. The Morgan fingerprint density at radius 2 is 1.94 bits per heavy atom. The molecule has 0 spiro atoms. The zero-order valence-corrected chi connectivity index (χ0v) is 10.8. The molecule has 0 heterocycles. The predicted molar refractivity (Wildman–Crippen MR) is 66.0 cm³/mol. The van der Waals surface area contributed by atoms with Gasteiger partial charge in [-0.3, -0.25) is 4.79 Å². The molecule has 0 aliphatic rings. The highest BCUT2D eigenvalue weighted by molar-refractivity contribution is 6.64. The quantitative estimate of drug-likeness (QED) is 0.754. The lowest BCUT2D eigenvalue weighted by Crippen LogP contribution is -2.29. The average molecular weight is 241 g/mol. The van der Waals surface area contributed by atoms with Crippen LogP contribution in [0.1, 0.15) is 25.0 Å². The third-order valence-electron chi connectivity index (χ3n) is 2.64. The van der Waals surface area contributed by atoms with Crippen LogP contribution in [0.25, 0.3) is 0 Å². The van der Waals surface area contributed by atoms with Gasteiger partial charge < -0.3 is 4.74 Å². The Morgan fingerprint density at radius 1 is 1.31 bits per heavy atom. The monoisotopic (exact) mass is 240 g/mol. The predicted octanol–water partition coefficient (Wildman–Crippen LogP) is 3.47. The first-order valence-electron chi connectivity index (χ1n) is 5.35. The molecule has 88 valence electrons. The van der Waals surface area contributed by atoms with Crippen LogP contribution in [0.15, 0.2) is 18.2 Å². The summed E-state index contributed by atoms with van der Waals surface area (Å²) in [5.41, 5.74) is 2.19. The first-order valence-corrected chi connectivity index (χ1v) is 5.73. The number of rotatable bonds is 4. The van der Waals surface area contributed by atoms with Crippen molar-refractivity contribution in [1.29, 1.82) is 0 Å².